The van der Waals surface area contributed by atoms with E-state index in [-0.39, 0.29) is 0 Å². The van der Waals surface area contributed by atoms with Crippen LogP contribution in [-0.2, 0) is 0 Å². The molecule has 0 aromatic heterocycles. The van der Waals surface area contributed by atoms with Gasteiger partial charge in [0.05, 0.1) is 13.2 Å². The number of nitrogens with one attached hydrogen (secondary N) is 1. The molecule has 3 atom stereocenters. The molecule has 18 heavy (non-hydrogen) atoms. The molecule has 1 aliphatic rings. The normalized spacial score (nSPS) is 23.7. The number of aliphatic hydroxyl groups is 1. The lowest BCUT2D eigenvalue weighted by Gasteiger charge is -2.12. The molecule has 1 fully saturated rings. The Morgan fingerprint density at radius 1 is 1.39 bits per heavy atom. The van der Waals surface area contributed by atoms with Crippen molar-refractivity contribution >= 4 is 0 Å². The summed E-state index contributed by atoms with van der Waals surface area (Å²) in [5.41, 5.74) is 0.941. The summed E-state index contributed by atoms with van der Waals surface area (Å²) in [6, 6.07) is 8.23. The summed E-state index contributed by atoms with van der Waals surface area (Å²) in [6.07, 6.45) is 3.39. The second kappa shape index (κ2) is 6.21. The molecule has 0 aliphatic heterocycles. The lowest BCUT2D eigenvalue weighted by molar-refractivity contribution is 0.173. The predicted molar refractivity (Wildman–Crippen MR) is 72.8 cm³/mol. The van der Waals surface area contributed by atoms with Crippen molar-refractivity contribution < 1.29 is 9.84 Å². The van der Waals surface area contributed by atoms with E-state index in [0.29, 0.717) is 12.6 Å². The monoisotopic (exact) mass is 249 g/mol. The molecule has 1 aliphatic carbocycles. The first-order valence-electron chi connectivity index (χ1n) is 6.80. The van der Waals surface area contributed by atoms with Gasteiger partial charge < -0.3 is 15.2 Å². The van der Waals surface area contributed by atoms with Gasteiger partial charge in [0.2, 0.25) is 0 Å². The van der Waals surface area contributed by atoms with E-state index in [9.17, 15) is 5.11 Å². The SMILES string of the molecule is CCCC1CC1NCC(O)c1ccc(OC)cc1. The molecule has 3 nitrogen and oxygen atoms in total. The fraction of sp³-hybridized carbons (Fsp3) is 0.600. The van der Waals surface area contributed by atoms with Crippen LogP contribution in [-0.4, -0.2) is 24.8 Å². The fourth-order valence-corrected chi connectivity index (χ4v) is 2.39. The second-order valence-electron chi connectivity index (χ2n) is 5.09. The molecule has 1 saturated carbocycles. The van der Waals surface area contributed by atoms with E-state index in [1.54, 1.807) is 7.11 Å². The highest BCUT2D eigenvalue weighted by Crippen LogP contribution is 2.34. The Morgan fingerprint density at radius 3 is 2.72 bits per heavy atom. The van der Waals surface area contributed by atoms with E-state index in [1.807, 2.05) is 24.3 Å². The van der Waals surface area contributed by atoms with E-state index in [0.717, 1.165) is 17.2 Å². The van der Waals surface area contributed by atoms with Crippen LogP contribution in [0.25, 0.3) is 0 Å². The maximum Gasteiger partial charge on any atom is 0.118 e. The first-order valence-corrected chi connectivity index (χ1v) is 6.80. The van der Waals surface area contributed by atoms with Gasteiger partial charge in [-0.15, -0.1) is 0 Å². The molecule has 2 rings (SSSR count). The van der Waals surface area contributed by atoms with Gasteiger partial charge in [0.1, 0.15) is 5.75 Å². The summed E-state index contributed by atoms with van der Waals surface area (Å²) < 4.78 is 5.10. The molecule has 100 valence electrons. The Hall–Kier alpha value is -1.06. The van der Waals surface area contributed by atoms with E-state index in [1.165, 1.54) is 19.3 Å². The number of benzene rings is 1. The van der Waals surface area contributed by atoms with E-state index in [2.05, 4.69) is 12.2 Å². The first-order chi connectivity index (χ1) is 8.74. The van der Waals surface area contributed by atoms with Crippen molar-refractivity contribution in [1.29, 1.82) is 0 Å². The molecule has 0 radical (unpaired) electrons. The van der Waals surface area contributed by atoms with Crippen LogP contribution in [0, 0.1) is 5.92 Å². The van der Waals surface area contributed by atoms with Crippen molar-refractivity contribution in [1.82, 2.24) is 5.32 Å². The molecular weight excluding hydrogens is 226 g/mol. The molecule has 1 aromatic rings. The quantitative estimate of drug-likeness (QED) is 0.780. The Morgan fingerprint density at radius 2 is 2.11 bits per heavy atom. The summed E-state index contributed by atoms with van der Waals surface area (Å²) in [4.78, 5) is 0. The van der Waals surface area contributed by atoms with Gasteiger partial charge in [-0.2, -0.15) is 0 Å². The minimum absolute atomic E-state index is 0.432. The maximum atomic E-state index is 10.1. The first kappa shape index (κ1) is 13.4. The van der Waals surface area contributed by atoms with Gasteiger partial charge in [-0.25, -0.2) is 0 Å². The number of hydrogen-bond donors (Lipinski definition) is 2. The summed E-state index contributed by atoms with van der Waals surface area (Å²) >= 11 is 0. The van der Waals surface area contributed by atoms with Crippen LogP contribution >= 0.6 is 0 Å². The number of ether oxygens (including phenoxy) is 1. The van der Waals surface area contributed by atoms with Crippen molar-refractivity contribution in [3.8, 4) is 5.75 Å². The molecule has 3 unspecified atom stereocenters. The summed E-state index contributed by atoms with van der Waals surface area (Å²) in [7, 11) is 1.65. The zero-order chi connectivity index (χ0) is 13.0. The van der Waals surface area contributed by atoms with Crippen LogP contribution in [0.2, 0.25) is 0 Å². The largest absolute Gasteiger partial charge is 0.497 e. The Balaban J connectivity index is 1.75. The summed E-state index contributed by atoms with van der Waals surface area (Å²) in [6.45, 7) is 2.86. The molecule has 0 heterocycles. The topological polar surface area (TPSA) is 41.5 Å². The molecule has 1 aromatic carbocycles. The van der Waals surface area contributed by atoms with Crippen molar-refractivity contribution in [2.75, 3.05) is 13.7 Å². The van der Waals surface area contributed by atoms with Gasteiger partial charge >= 0.3 is 0 Å². The second-order valence-corrected chi connectivity index (χ2v) is 5.09. The number of hydrogen-bond acceptors (Lipinski definition) is 3. The van der Waals surface area contributed by atoms with Gasteiger partial charge in [0.25, 0.3) is 0 Å². The average Bonchev–Trinajstić information content (AvgIpc) is 3.15. The van der Waals surface area contributed by atoms with Crippen molar-refractivity contribution in [3.63, 3.8) is 0 Å². The fourth-order valence-electron chi connectivity index (χ4n) is 2.39. The van der Waals surface area contributed by atoms with Crippen LogP contribution in [0.1, 0.15) is 37.9 Å². The predicted octanol–water partition coefficient (Wildman–Crippen LogP) is 2.51. The third-order valence-electron chi connectivity index (χ3n) is 3.66. The van der Waals surface area contributed by atoms with Gasteiger partial charge in [0.15, 0.2) is 0 Å². The highest BCUT2D eigenvalue weighted by atomic mass is 16.5. The van der Waals surface area contributed by atoms with E-state index in [4.69, 9.17) is 4.74 Å². The number of aliphatic hydroxyl groups excluding tert-OH is 1. The zero-order valence-electron chi connectivity index (χ0n) is 11.2. The van der Waals surface area contributed by atoms with Crippen LogP contribution in [0.5, 0.6) is 5.75 Å². The van der Waals surface area contributed by atoms with Gasteiger partial charge in [-0.3, -0.25) is 0 Å². The van der Waals surface area contributed by atoms with E-state index < -0.39 is 6.10 Å². The zero-order valence-corrected chi connectivity index (χ0v) is 11.2. The molecule has 3 heteroatoms. The number of rotatable bonds is 7. The molecule has 0 spiro atoms. The summed E-state index contributed by atoms with van der Waals surface area (Å²) in [5, 5.41) is 13.5. The highest BCUT2D eigenvalue weighted by Gasteiger charge is 2.35. The minimum atomic E-state index is -0.432. The lowest BCUT2D eigenvalue weighted by atomic mass is 10.1. The van der Waals surface area contributed by atoms with Crippen LogP contribution < -0.4 is 10.1 Å². The Bertz CT molecular complexity index is 363. The van der Waals surface area contributed by atoms with Gasteiger partial charge in [0, 0.05) is 12.6 Å². The average molecular weight is 249 g/mol. The minimum Gasteiger partial charge on any atom is -0.497 e. The Kier molecular flexibility index (Phi) is 4.61. The van der Waals surface area contributed by atoms with E-state index >= 15 is 0 Å². The molecule has 0 saturated heterocycles. The van der Waals surface area contributed by atoms with Gasteiger partial charge in [-0.1, -0.05) is 25.5 Å². The van der Waals surface area contributed by atoms with Crippen LogP contribution in [0.3, 0.4) is 0 Å². The van der Waals surface area contributed by atoms with Crippen molar-refractivity contribution in [2.24, 2.45) is 5.92 Å². The lowest BCUT2D eigenvalue weighted by Crippen LogP contribution is -2.24. The number of methoxy groups -OCH3 is 1. The van der Waals surface area contributed by atoms with Crippen molar-refractivity contribution in [3.05, 3.63) is 29.8 Å². The van der Waals surface area contributed by atoms with Crippen LogP contribution in [0.4, 0.5) is 0 Å². The molecular formula is C15H23NO2. The molecule has 2 N–H and O–H groups in total. The van der Waals surface area contributed by atoms with Crippen molar-refractivity contribution in [2.45, 2.75) is 38.3 Å². The maximum absolute atomic E-state index is 10.1. The smallest absolute Gasteiger partial charge is 0.118 e. The Labute approximate surface area is 109 Å². The third kappa shape index (κ3) is 3.47. The van der Waals surface area contributed by atoms with Crippen LogP contribution in [0.15, 0.2) is 24.3 Å². The van der Waals surface area contributed by atoms with Gasteiger partial charge in [-0.05, 0) is 36.5 Å². The summed E-state index contributed by atoms with van der Waals surface area (Å²) in [5.74, 6) is 1.65. The molecule has 0 amide bonds. The standard InChI is InChI=1S/C15H23NO2/c1-3-4-12-9-14(12)16-10-15(17)11-5-7-13(18-2)8-6-11/h5-8,12,14-17H,3-4,9-10H2,1-2H3. The molecule has 0 bridgehead atoms. The highest BCUT2D eigenvalue weighted by molar-refractivity contribution is 5.28. The third-order valence-corrected chi connectivity index (χ3v) is 3.66.